The van der Waals surface area contributed by atoms with Crippen LogP contribution in [0.5, 0.6) is 0 Å². The lowest BCUT2D eigenvalue weighted by atomic mass is 9.89. The molecule has 0 aliphatic heterocycles. The molecule has 1 fully saturated rings. The van der Waals surface area contributed by atoms with Crippen molar-refractivity contribution in [3.8, 4) is 0 Å². The molecule has 12 heavy (non-hydrogen) atoms. The predicted molar refractivity (Wildman–Crippen MR) is 47.6 cm³/mol. The molecular formula is C10H17O2. The molecule has 0 heterocycles. The van der Waals surface area contributed by atoms with E-state index in [1.807, 2.05) is 13.8 Å². The van der Waals surface area contributed by atoms with E-state index in [9.17, 15) is 4.79 Å². The van der Waals surface area contributed by atoms with Gasteiger partial charge in [-0.05, 0) is 26.7 Å². The fourth-order valence-electron chi connectivity index (χ4n) is 1.48. The molecule has 1 aliphatic rings. The molecule has 0 spiro atoms. The van der Waals surface area contributed by atoms with E-state index in [1.165, 1.54) is 6.42 Å². The van der Waals surface area contributed by atoms with Crippen LogP contribution in [0.1, 0.15) is 46.0 Å². The van der Waals surface area contributed by atoms with Crippen LogP contribution >= 0.6 is 0 Å². The van der Waals surface area contributed by atoms with E-state index >= 15 is 0 Å². The van der Waals surface area contributed by atoms with Crippen LogP contribution in [0.25, 0.3) is 0 Å². The monoisotopic (exact) mass is 169 g/mol. The summed E-state index contributed by atoms with van der Waals surface area (Å²) in [6.07, 6.45) is 5.49. The number of ether oxygens (including phenoxy) is 1. The van der Waals surface area contributed by atoms with E-state index in [-0.39, 0.29) is 12.1 Å². The first-order chi connectivity index (χ1) is 5.70. The molecule has 0 atom stereocenters. The maximum atomic E-state index is 11.3. The Bertz CT molecular complexity index is 146. The summed E-state index contributed by atoms with van der Waals surface area (Å²) in [4.78, 5) is 11.3. The lowest BCUT2D eigenvalue weighted by Crippen LogP contribution is -2.21. The topological polar surface area (TPSA) is 26.3 Å². The van der Waals surface area contributed by atoms with Gasteiger partial charge in [0.15, 0.2) is 0 Å². The molecule has 1 radical (unpaired) electrons. The van der Waals surface area contributed by atoms with Gasteiger partial charge in [-0.2, -0.15) is 0 Å². The van der Waals surface area contributed by atoms with Gasteiger partial charge in [0.25, 0.3) is 0 Å². The second-order valence-electron chi connectivity index (χ2n) is 3.62. The van der Waals surface area contributed by atoms with Crippen molar-refractivity contribution in [3.63, 3.8) is 0 Å². The van der Waals surface area contributed by atoms with Gasteiger partial charge in [0, 0.05) is 0 Å². The summed E-state index contributed by atoms with van der Waals surface area (Å²) in [6.45, 7) is 3.78. The van der Waals surface area contributed by atoms with Crippen LogP contribution in [0.2, 0.25) is 0 Å². The minimum absolute atomic E-state index is 0.0203. The van der Waals surface area contributed by atoms with Crippen LogP contribution in [0.15, 0.2) is 0 Å². The fourth-order valence-corrected chi connectivity index (χ4v) is 1.48. The first-order valence-corrected chi connectivity index (χ1v) is 4.76. The molecular weight excluding hydrogens is 152 g/mol. The molecule has 0 aromatic carbocycles. The zero-order valence-electron chi connectivity index (χ0n) is 7.93. The van der Waals surface area contributed by atoms with Crippen LogP contribution in [-0.2, 0) is 9.53 Å². The molecule has 2 heteroatoms. The Morgan fingerprint density at radius 3 is 2.33 bits per heavy atom. The molecule has 0 bridgehead atoms. The Hall–Kier alpha value is -0.530. The van der Waals surface area contributed by atoms with Crippen LogP contribution < -0.4 is 0 Å². The van der Waals surface area contributed by atoms with Crippen LogP contribution in [-0.4, -0.2) is 12.1 Å². The van der Waals surface area contributed by atoms with Crippen molar-refractivity contribution in [2.75, 3.05) is 0 Å². The first kappa shape index (κ1) is 9.56. The van der Waals surface area contributed by atoms with E-state index in [1.54, 1.807) is 0 Å². The normalized spacial score (nSPS) is 19.6. The molecule has 0 saturated heterocycles. The number of rotatable bonds is 2. The Balaban J connectivity index is 2.30. The number of hydrogen-bond donors (Lipinski definition) is 0. The van der Waals surface area contributed by atoms with Gasteiger partial charge in [-0.3, -0.25) is 4.79 Å². The van der Waals surface area contributed by atoms with Crippen LogP contribution in [0, 0.1) is 5.92 Å². The number of carbonyl (C=O) groups is 1. The molecule has 0 aromatic heterocycles. The summed E-state index contributed by atoms with van der Waals surface area (Å²) in [6, 6.07) is 0. The molecule has 69 valence electrons. The number of carbonyl (C=O) groups excluding carboxylic acids is 1. The summed E-state index contributed by atoms with van der Waals surface area (Å²) in [7, 11) is 0. The maximum Gasteiger partial charge on any atom is 0.313 e. The van der Waals surface area contributed by atoms with Crippen molar-refractivity contribution >= 4 is 5.97 Å². The van der Waals surface area contributed by atoms with Gasteiger partial charge in [-0.15, -0.1) is 0 Å². The summed E-state index contributed by atoms with van der Waals surface area (Å²) in [5.41, 5.74) is 0. The third-order valence-corrected chi connectivity index (χ3v) is 2.09. The van der Waals surface area contributed by atoms with Gasteiger partial charge >= 0.3 is 5.97 Å². The molecule has 0 aromatic rings. The van der Waals surface area contributed by atoms with Crippen molar-refractivity contribution in [2.24, 2.45) is 0 Å². The zero-order chi connectivity index (χ0) is 8.97. The second-order valence-corrected chi connectivity index (χ2v) is 3.62. The highest BCUT2D eigenvalue weighted by atomic mass is 16.5. The van der Waals surface area contributed by atoms with Crippen molar-refractivity contribution in [3.05, 3.63) is 5.92 Å². The SMILES string of the molecule is CC(C)OC(=O)[C]1CCCCC1. The van der Waals surface area contributed by atoms with E-state index < -0.39 is 0 Å². The Morgan fingerprint density at radius 1 is 1.25 bits per heavy atom. The average Bonchev–Trinajstić information content (AvgIpc) is 2.05. The van der Waals surface area contributed by atoms with E-state index in [2.05, 4.69) is 0 Å². The number of esters is 1. The zero-order valence-corrected chi connectivity index (χ0v) is 7.93. The van der Waals surface area contributed by atoms with Crippen LogP contribution in [0.4, 0.5) is 0 Å². The first-order valence-electron chi connectivity index (χ1n) is 4.76. The minimum Gasteiger partial charge on any atom is -0.463 e. The standard InChI is InChI=1S/C10H17O2/c1-8(2)12-10(11)9-6-4-3-5-7-9/h8H,3-7H2,1-2H3. The predicted octanol–water partition coefficient (Wildman–Crippen LogP) is 2.48. The van der Waals surface area contributed by atoms with Gasteiger partial charge in [0.05, 0.1) is 12.0 Å². The van der Waals surface area contributed by atoms with Gasteiger partial charge in [0.2, 0.25) is 0 Å². The van der Waals surface area contributed by atoms with Gasteiger partial charge in [-0.1, -0.05) is 19.3 Å². The summed E-state index contributed by atoms with van der Waals surface area (Å²) in [5, 5.41) is 0. The van der Waals surface area contributed by atoms with E-state index in [4.69, 9.17) is 4.74 Å². The minimum atomic E-state index is -0.0651. The third-order valence-electron chi connectivity index (χ3n) is 2.09. The van der Waals surface area contributed by atoms with Crippen molar-refractivity contribution in [1.29, 1.82) is 0 Å². The van der Waals surface area contributed by atoms with Crippen molar-refractivity contribution in [1.82, 2.24) is 0 Å². The van der Waals surface area contributed by atoms with Crippen LogP contribution in [0.3, 0.4) is 0 Å². The molecule has 0 N–H and O–H groups in total. The highest BCUT2D eigenvalue weighted by Gasteiger charge is 2.23. The molecule has 0 unspecified atom stereocenters. The quantitative estimate of drug-likeness (QED) is 0.593. The Morgan fingerprint density at radius 2 is 1.83 bits per heavy atom. The van der Waals surface area contributed by atoms with Crippen molar-refractivity contribution in [2.45, 2.75) is 52.1 Å². The highest BCUT2D eigenvalue weighted by Crippen LogP contribution is 2.26. The Labute approximate surface area is 74.3 Å². The lowest BCUT2D eigenvalue weighted by Gasteiger charge is -2.20. The van der Waals surface area contributed by atoms with E-state index in [0.717, 1.165) is 31.6 Å². The van der Waals surface area contributed by atoms with Crippen molar-refractivity contribution < 1.29 is 9.53 Å². The molecule has 1 aliphatic carbocycles. The number of hydrogen-bond acceptors (Lipinski definition) is 2. The maximum absolute atomic E-state index is 11.3. The highest BCUT2D eigenvalue weighted by molar-refractivity contribution is 5.84. The molecule has 0 amide bonds. The smallest absolute Gasteiger partial charge is 0.313 e. The summed E-state index contributed by atoms with van der Waals surface area (Å²) in [5.74, 6) is 0.930. The van der Waals surface area contributed by atoms with Gasteiger partial charge < -0.3 is 4.74 Å². The molecule has 1 rings (SSSR count). The lowest BCUT2D eigenvalue weighted by molar-refractivity contribution is -0.145. The Kier molecular flexibility index (Phi) is 3.57. The average molecular weight is 169 g/mol. The molecule has 1 saturated carbocycles. The second kappa shape index (κ2) is 4.48. The van der Waals surface area contributed by atoms with Gasteiger partial charge in [0.1, 0.15) is 0 Å². The molecule has 2 nitrogen and oxygen atoms in total. The third kappa shape index (κ3) is 2.84. The van der Waals surface area contributed by atoms with Gasteiger partial charge in [-0.25, -0.2) is 0 Å². The summed E-state index contributed by atoms with van der Waals surface area (Å²) < 4.78 is 5.11. The largest absolute Gasteiger partial charge is 0.463 e. The summed E-state index contributed by atoms with van der Waals surface area (Å²) >= 11 is 0. The fraction of sp³-hybridized carbons (Fsp3) is 0.800. The van der Waals surface area contributed by atoms with E-state index in [0.29, 0.717) is 0 Å².